The zero-order valence-corrected chi connectivity index (χ0v) is 21.2. The Balaban J connectivity index is 1.48. The third-order valence-electron chi connectivity index (χ3n) is 9.27. The highest BCUT2D eigenvalue weighted by atomic mass is 16.7. The maximum Gasteiger partial charge on any atom is 0.231 e. The van der Waals surface area contributed by atoms with Crippen molar-refractivity contribution in [2.24, 2.45) is 16.7 Å². The van der Waals surface area contributed by atoms with Gasteiger partial charge in [-0.2, -0.15) is 0 Å². The molecule has 2 heterocycles. The Hall–Kier alpha value is -2.01. The Morgan fingerprint density at radius 2 is 2.03 bits per heavy atom. The van der Waals surface area contributed by atoms with Crippen LogP contribution in [0.3, 0.4) is 0 Å². The van der Waals surface area contributed by atoms with Gasteiger partial charge in [-0.25, -0.2) is 0 Å². The van der Waals surface area contributed by atoms with E-state index in [1.54, 1.807) is 18.3 Å². The van der Waals surface area contributed by atoms with Crippen LogP contribution in [-0.4, -0.2) is 38.2 Å². The van der Waals surface area contributed by atoms with Gasteiger partial charge in [0.25, 0.3) is 0 Å². The molecule has 1 aromatic rings. The van der Waals surface area contributed by atoms with E-state index >= 15 is 0 Å². The fraction of sp³-hybridized carbons (Fsp3) is 0.679. The van der Waals surface area contributed by atoms with Crippen LogP contribution in [-0.2, 0) is 11.2 Å². The molecule has 2 aliphatic heterocycles. The summed E-state index contributed by atoms with van der Waals surface area (Å²) in [5.74, 6) is 2.92. The molecular formula is C28H39NO4. The molecule has 0 amide bonds. The highest BCUT2D eigenvalue weighted by molar-refractivity contribution is 5.86. The van der Waals surface area contributed by atoms with Gasteiger partial charge in [0.1, 0.15) is 5.78 Å². The molecular weight excluding hydrogens is 414 g/mol. The van der Waals surface area contributed by atoms with Gasteiger partial charge in [0.05, 0.1) is 7.11 Å². The van der Waals surface area contributed by atoms with E-state index in [1.807, 2.05) is 0 Å². The molecule has 4 aliphatic rings. The number of methoxy groups -OCH3 is 1. The zero-order chi connectivity index (χ0) is 23.5. The van der Waals surface area contributed by atoms with E-state index in [-0.39, 0.29) is 23.7 Å². The predicted molar refractivity (Wildman–Crippen MR) is 129 cm³/mol. The molecule has 5 nitrogen and oxygen atoms in total. The lowest BCUT2D eigenvalue weighted by Crippen LogP contribution is -2.43. The fourth-order valence-electron chi connectivity index (χ4n) is 6.82. The van der Waals surface area contributed by atoms with Gasteiger partial charge in [0.2, 0.25) is 12.5 Å². The van der Waals surface area contributed by atoms with Gasteiger partial charge in [-0.15, -0.1) is 0 Å². The summed E-state index contributed by atoms with van der Waals surface area (Å²) in [4.78, 5) is 16.4. The quantitative estimate of drug-likeness (QED) is 0.535. The van der Waals surface area contributed by atoms with Gasteiger partial charge >= 0.3 is 0 Å². The molecule has 0 aromatic heterocycles. The van der Waals surface area contributed by atoms with Crippen molar-refractivity contribution < 1.29 is 19.0 Å². The van der Waals surface area contributed by atoms with Crippen LogP contribution >= 0.6 is 0 Å². The number of hydrogen-bond acceptors (Lipinski definition) is 5. The molecule has 0 saturated heterocycles. The molecule has 180 valence electrons. The Labute approximate surface area is 198 Å². The first-order valence-corrected chi connectivity index (χ1v) is 12.6. The number of carbonyl (C=O) groups excluding carboxylic acids is 1. The molecule has 5 rings (SSSR count). The summed E-state index contributed by atoms with van der Waals surface area (Å²) >= 11 is 0. The van der Waals surface area contributed by atoms with E-state index in [0.29, 0.717) is 23.9 Å². The Kier molecular flexibility index (Phi) is 5.55. The monoisotopic (exact) mass is 453 g/mol. The van der Waals surface area contributed by atoms with Crippen LogP contribution in [0.15, 0.2) is 17.2 Å². The van der Waals surface area contributed by atoms with Gasteiger partial charge < -0.3 is 14.2 Å². The van der Waals surface area contributed by atoms with Gasteiger partial charge in [-0.05, 0) is 68.5 Å². The molecule has 33 heavy (non-hydrogen) atoms. The van der Waals surface area contributed by atoms with Crippen LogP contribution in [0.5, 0.6) is 17.2 Å². The summed E-state index contributed by atoms with van der Waals surface area (Å²) in [6.07, 6.45) is 7.13. The maximum atomic E-state index is 14.1. The number of carbonyl (C=O) groups is 1. The molecule has 0 radical (unpaired) electrons. The van der Waals surface area contributed by atoms with Gasteiger partial charge in [-0.3, -0.25) is 9.69 Å². The maximum absolute atomic E-state index is 14.1. The molecule has 0 saturated carbocycles. The number of allylic oxidation sites excluding steroid dienone is 2. The molecule has 0 fully saturated rings. The summed E-state index contributed by atoms with van der Waals surface area (Å²) in [5.41, 5.74) is 5.42. The Morgan fingerprint density at radius 3 is 2.79 bits per heavy atom. The van der Waals surface area contributed by atoms with Crippen molar-refractivity contribution in [3.8, 4) is 17.2 Å². The van der Waals surface area contributed by atoms with Gasteiger partial charge in [-0.1, -0.05) is 38.8 Å². The average Bonchev–Trinajstić information content (AvgIpc) is 3.23. The number of ketones is 1. The van der Waals surface area contributed by atoms with Crippen LogP contribution < -0.4 is 14.2 Å². The zero-order valence-electron chi connectivity index (χ0n) is 21.2. The molecule has 5 heteroatoms. The number of hydrogen-bond donors (Lipinski definition) is 0. The van der Waals surface area contributed by atoms with E-state index in [4.69, 9.17) is 14.2 Å². The third kappa shape index (κ3) is 3.58. The lowest BCUT2D eigenvalue weighted by Gasteiger charge is -2.48. The molecule has 3 atom stereocenters. The smallest absolute Gasteiger partial charge is 0.231 e. The first kappa shape index (κ1) is 22.8. The topological polar surface area (TPSA) is 48.0 Å². The van der Waals surface area contributed by atoms with Crippen molar-refractivity contribution in [1.29, 1.82) is 0 Å². The first-order chi connectivity index (χ1) is 15.7. The van der Waals surface area contributed by atoms with Crippen molar-refractivity contribution >= 4 is 5.78 Å². The number of benzene rings is 1. The summed E-state index contributed by atoms with van der Waals surface area (Å²) in [6, 6.07) is 2.08. The largest absolute Gasteiger partial charge is 0.492 e. The number of nitrogens with zero attached hydrogens (tertiary/aromatic N) is 1. The SMILES string of the molecule is COc1c2c(cc3c1[C@H](CC(=O)[C@@]1(C)CC4=C(CCCC4(C)C)C[C@H]1C)N(C)CC3)OCO2. The highest BCUT2D eigenvalue weighted by Crippen LogP contribution is 2.56. The minimum atomic E-state index is -0.324. The fourth-order valence-corrected chi connectivity index (χ4v) is 6.82. The summed E-state index contributed by atoms with van der Waals surface area (Å²) in [5, 5.41) is 0. The molecule has 0 spiro atoms. The third-order valence-corrected chi connectivity index (χ3v) is 9.27. The normalized spacial score (nSPS) is 30.6. The summed E-state index contributed by atoms with van der Waals surface area (Å²) < 4.78 is 17.3. The van der Waals surface area contributed by atoms with Crippen LogP contribution in [0.4, 0.5) is 0 Å². The lowest BCUT2D eigenvalue weighted by molar-refractivity contribution is -0.132. The van der Waals surface area contributed by atoms with Crippen molar-refractivity contribution in [2.75, 3.05) is 27.5 Å². The van der Waals surface area contributed by atoms with Crippen LogP contribution in [0.1, 0.15) is 83.4 Å². The molecule has 0 bridgehead atoms. The van der Waals surface area contributed by atoms with E-state index in [0.717, 1.165) is 42.9 Å². The molecule has 0 unspecified atom stereocenters. The van der Waals surface area contributed by atoms with E-state index in [9.17, 15) is 4.79 Å². The van der Waals surface area contributed by atoms with E-state index < -0.39 is 0 Å². The number of rotatable bonds is 4. The second kappa shape index (κ2) is 8.04. The van der Waals surface area contributed by atoms with E-state index in [2.05, 4.69) is 45.7 Å². The Morgan fingerprint density at radius 1 is 1.24 bits per heavy atom. The molecule has 1 aromatic carbocycles. The second-order valence-electron chi connectivity index (χ2n) is 11.6. The van der Waals surface area contributed by atoms with Crippen molar-refractivity contribution in [3.63, 3.8) is 0 Å². The predicted octanol–water partition coefficient (Wildman–Crippen LogP) is 5.86. The summed E-state index contributed by atoms with van der Waals surface area (Å²) in [6.45, 7) is 10.4. The van der Waals surface area contributed by atoms with Crippen molar-refractivity contribution in [1.82, 2.24) is 4.90 Å². The Bertz CT molecular complexity index is 1010. The van der Waals surface area contributed by atoms with Crippen molar-refractivity contribution in [3.05, 3.63) is 28.3 Å². The highest BCUT2D eigenvalue weighted by Gasteiger charge is 2.48. The molecule has 2 aliphatic carbocycles. The van der Waals surface area contributed by atoms with Crippen molar-refractivity contribution in [2.45, 2.75) is 78.7 Å². The van der Waals surface area contributed by atoms with Crippen LogP contribution in [0, 0.1) is 16.7 Å². The minimum absolute atomic E-state index is 0.00975. The number of Topliss-reactive ketones (excluding diaryl/α,β-unsaturated/α-hetero) is 1. The number of fused-ring (bicyclic) bond motifs is 2. The summed E-state index contributed by atoms with van der Waals surface area (Å²) in [7, 11) is 3.82. The first-order valence-electron chi connectivity index (χ1n) is 12.6. The van der Waals surface area contributed by atoms with Crippen LogP contribution in [0.2, 0.25) is 0 Å². The standard InChI is InChI=1S/C28H39NO4/c1-17-12-18-8-7-10-27(2,3)20(18)15-28(17,4)23(30)14-21-24-19(9-11-29(21)5)13-22-25(26(24)31-6)33-16-32-22/h13,17,21H,7-12,14-16H2,1-6H3/t17-,21+,28+/m1/s1. The van der Waals surface area contributed by atoms with Crippen LogP contribution in [0.25, 0.3) is 0 Å². The van der Waals surface area contributed by atoms with Gasteiger partial charge in [0, 0.05) is 30.0 Å². The lowest BCUT2D eigenvalue weighted by atomic mass is 9.56. The van der Waals surface area contributed by atoms with Gasteiger partial charge in [0.15, 0.2) is 11.5 Å². The number of ether oxygens (including phenoxy) is 3. The minimum Gasteiger partial charge on any atom is -0.492 e. The van der Waals surface area contributed by atoms with E-state index in [1.165, 1.54) is 24.8 Å². The second-order valence-corrected chi connectivity index (χ2v) is 11.6. The number of likely N-dealkylation sites (N-methyl/N-ethyl adjacent to an activating group) is 1. The average molecular weight is 454 g/mol. The molecule has 0 N–H and O–H groups in total.